The molecule has 2 rings (SSSR count). The Bertz CT molecular complexity index is 825. The molecule has 0 saturated heterocycles. The van der Waals surface area contributed by atoms with Gasteiger partial charge in [-0.2, -0.15) is 0 Å². The van der Waals surface area contributed by atoms with Gasteiger partial charge in [-0.1, -0.05) is 77.9 Å². The second kappa shape index (κ2) is 12.8. The third kappa shape index (κ3) is 10.5. The van der Waals surface area contributed by atoms with Crippen molar-refractivity contribution >= 4 is 0 Å². The molecule has 2 aromatic carbocycles. The lowest BCUT2D eigenvalue weighted by Gasteiger charge is -2.34. The predicted molar refractivity (Wildman–Crippen MR) is 136 cm³/mol. The van der Waals surface area contributed by atoms with Gasteiger partial charge in [0.25, 0.3) is 0 Å². The number of quaternary nitrogens is 1. The average Bonchev–Trinajstić information content (AvgIpc) is 2.69. The highest BCUT2D eigenvalue weighted by Crippen LogP contribution is 2.38. The molecule has 0 bridgehead atoms. The van der Waals surface area contributed by atoms with Gasteiger partial charge in [-0.15, -0.1) is 0 Å². The van der Waals surface area contributed by atoms with Crippen LogP contribution in [0.1, 0.15) is 64.7 Å². The molecule has 186 valence electrons. The zero-order valence-corrected chi connectivity index (χ0v) is 23.0. The van der Waals surface area contributed by atoms with Crippen molar-refractivity contribution in [3.8, 4) is 5.75 Å². The molecule has 0 aromatic heterocycles. The molecule has 4 heteroatoms. The van der Waals surface area contributed by atoms with Gasteiger partial charge in [0.2, 0.25) is 0 Å². The number of nitrogens with zero attached hydrogens (tertiary/aromatic N) is 1. The van der Waals surface area contributed by atoms with Gasteiger partial charge >= 0.3 is 0 Å². The summed E-state index contributed by atoms with van der Waals surface area (Å²) in [6.45, 7) is 17.8. The maximum atomic E-state index is 6.01. The Morgan fingerprint density at radius 2 is 1.52 bits per heavy atom. The fourth-order valence-corrected chi connectivity index (χ4v) is 4.82. The molecule has 0 radical (unpaired) electrons. The molecule has 3 nitrogen and oxygen atoms in total. The Labute approximate surface area is 209 Å². The van der Waals surface area contributed by atoms with Crippen molar-refractivity contribution in [2.75, 3.05) is 40.5 Å². The van der Waals surface area contributed by atoms with E-state index in [0.29, 0.717) is 18.6 Å². The van der Waals surface area contributed by atoms with Gasteiger partial charge in [0.1, 0.15) is 25.4 Å². The standard InChI is InChI=1S/C29H46NO2.ClH/c1-9-25-21-26(15-16-27(25)29(5,6)23-28(2,3)4)32-20-19-31-18-17-30(7,8)22-24-13-11-10-12-14-24;/h10-16,21H,9,17-20,22-23H2,1-8H3;1H/q+1;/p-1. The van der Waals surface area contributed by atoms with Crippen LogP contribution in [0.2, 0.25) is 0 Å². The summed E-state index contributed by atoms with van der Waals surface area (Å²) in [6, 6.07) is 17.3. The van der Waals surface area contributed by atoms with E-state index in [9.17, 15) is 0 Å². The lowest BCUT2D eigenvalue weighted by Crippen LogP contribution is -3.00. The molecule has 0 aliphatic rings. The predicted octanol–water partition coefficient (Wildman–Crippen LogP) is 3.64. The lowest BCUT2D eigenvalue weighted by atomic mass is 9.71. The number of benzene rings is 2. The normalized spacial score (nSPS) is 12.4. The minimum Gasteiger partial charge on any atom is -1.00 e. The van der Waals surface area contributed by atoms with Gasteiger partial charge in [-0.25, -0.2) is 0 Å². The number of hydrogen-bond donors (Lipinski definition) is 0. The van der Waals surface area contributed by atoms with Gasteiger partial charge < -0.3 is 26.4 Å². The van der Waals surface area contributed by atoms with Crippen LogP contribution in [0, 0.1) is 5.41 Å². The monoisotopic (exact) mass is 475 g/mol. The summed E-state index contributed by atoms with van der Waals surface area (Å²) in [5, 5.41) is 0. The lowest BCUT2D eigenvalue weighted by molar-refractivity contribution is -0.904. The minimum atomic E-state index is 0. The highest BCUT2D eigenvalue weighted by atomic mass is 35.5. The SMILES string of the molecule is CCc1cc(OCCOCC[N+](C)(C)Cc2ccccc2)ccc1C(C)(C)CC(C)(C)C.[Cl-]. The van der Waals surface area contributed by atoms with E-state index in [-0.39, 0.29) is 17.8 Å². The van der Waals surface area contributed by atoms with Gasteiger partial charge in [0.05, 0.1) is 27.3 Å². The van der Waals surface area contributed by atoms with Crippen molar-refractivity contribution < 1.29 is 26.4 Å². The van der Waals surface area contributed by atoms with Crippen molar-refractivity contribution in [3.63, 3.8) is 0 Å². The highest BCUT2D eigenvalue weighted by Gasteiger charge is 2.29. The van der Waals surface area contributed by atoms with Crippen LogP contribution in [0.4, 0.5) is 0 Å². The molecule has 0 heterocycles. The third-order valence-electron chi connectivity index (χ3n) is 5.95. The molecule has 2 aromatic rings. The summed E-state index contributed by atoms with van der Waals surface area (Å²) in [6.07, 6.45) is 2.17. The average molecular weight is 476 g/mol. The van der Waals surface area contributed by atoms with Crippen molar-refractivity contribution in [2.24, 2.45) is 5.41 Å². The third-order valence-corrected chi connectivity index (χ3v) is 5.95. The Morgan fingerprint density at radius 3 is 2.12 bits per heavy atom. The van der Waals surface area contributed by atoms with E-state index in [1.165, 1.54) is 16.7 Å². The maximum absolute atomic E-state index is 6.01. The molecule has 33 heavy (non-hydrogen) atoms. The van der Waals surface area contributed by atoms with Crippen LogP contribution in [0.3, 0.4) is 0 Å². The zero-order chi connectivity index (χ0) is 23.8. The van der Waals surface area contributed by atoms with Gasteiger partial charge in [-0.05, 0) is 46.9 Å². The van der Waals surface area contributed by atoms with Gasteiger partial charge in [0, 0.05) is 5.56 Å². The molecule has 0 N–H and O–H groups in total. The van der Waals surface area contributed by atoms with Crippen LogP contribution >= 0.6 is 0 Å². The summed E-state index contributed by atoms with van der Waals surface area (Å²) in [5.41, 5.74) is 4.64. The van der Waals surface area contributed by atoms with Crippen LogP contribution in [0.5, 0.6) is 5.75 Å². The Morgan fingerprint density at radius 1 is 0.848 bits per heavy atom. The van der Waals surface area contributed by atoms with E-state index < -0.39 is 0 Å². The topological polar surface area (TPSA) is 18.5 Å². The van der Waals surface area contributed by atoms with Crippen molar-refractivity contribution in [1.82, 2.24) is 0 Å². The first kappa shape index (κ1) is 29.5. The largest absolute Gasteiger partial charge is 1.00 e. The van der Waals surface area contributed by atoms with Crippen molar-refractivity contribution in [1.29, 1.82) is 0 Å². The molecule has 0 amide bonds. The molecule has 0 aliphatic carbocycles. The minimum absolute atomic E-state index is 0. The summed E-state index contributed by atoms with van der Waals surface area (Å²) in [7, 11) is 4.50. The van der Waals surface area contributed by atoms with Crippen LogP contribution in [-0.4, -0.2) is 44.9 Å². The summed E-state index contributed by atoms with van der Waals surface area (Å²) in [5.74, 6) is 0.945. The second-order valence-corrected chi connectivity index (χ2v) is 11.6. The van der Waals surface area contributed by atoms with Crippen molar-refractivity contribution in [3.05, 3.63) is 65.2 Å². The van der Waals surface area contributed by atoms with E-state index in [4.69, 9.17) is 9.47 Å². The molecule has 0 unspecified atom stereocenters. The number of rotatable bonds is 12. The fourth-order valence-electron chi connectivity index (χ4n) is 4.82. The van der Waals surface area contributed by atoms with E-state index >= 15 is 0 Å². The van der Waals surface area contributed by atoms with Gasteiger partial charge in [0.15, 0.2) is 0 Å². The first-order valence-electron chi connectivity index (χ1n) is 12.1. The van der Waals surface area contributed by atoms with Gasteiger partial charge in [-0.3, -0.25) is 0 Å². The molecule has 0 fully saturated rings. The zero-order valence-electron chi connectivity index (χ0n) is 22.2. The molecule has 0 atom stereocenters. The first-order valence-corrected chi connectivity index (χ1v) is 12.1. The number of halogens is 1. The van der Waals surface area contributed by atoms with E-state index in [1.807, 2.05) is 0 Å². The maximum Gasteiger partial charge on any atom is 0.119 e. The quantitative estimate of drug-likeness (QED) is 0.344. The van der Waals surface area contributed by atoms with Crippen LogP contribution in [0.25, 0.3) is 0 Å². The van der Waals surface area contributed by atoms with Crippen molar-refractivity contribution in [2.45, 2.75) is 66.3 Å². The number of hydrogen-bond acceptors (Lipinski definition) is 2. The molecule has 0 aliphatic heterocycles. The Balaban J connectivity index is 0.00000544. The molecule has 0 saturated carbocycles. The van der Waals surface area contributed by atoms with E-state index in [1.54, 1.807) is 0 Å². The smallest absolute Gasteiger partial charge is 0.119 e. The fraction of sp³-hybridized carbons (Fsp3) is 0.586. The summed E-state index contributed by atoms with van der Waals surface area (Å²) in [4.78, 5) is 0. The Hall–Kier alpha value is -1.55. The molecule has 0 spiro atoms. The van der Waals surface area contributed by atoms with Crippen LogP contribution < -0.4 is 17.1 Å². The number of likely N-dealkylation sites (N-methyl/N-ethyl adjacent to an activating group) is 1. The second-order valence-electron chi connectivity index (χ2n) is 11.6. The first-order chi connectivity index (χ1) is 14.9. The van der Waals surface area contributed by atoms with E-state index in [0.717, 1.165) is 42.8 Å². The molecular weight excluding hydrogens is 430 g/mol. The highest BCUT2D eigenvalue weighted by molar-refractivity contribution is 5.40. The number of ether oxygens (including phenoxy) is 2. The summed E-state index contributed by atoms with van der Waals surface area (Å²) >= 11 is 0. The summed E-state index contributed by atoms with van der Waals surface area (Å²) < 4.78 is 12.8. The Kier molecular flexibility index (Phi) is 11.4. The van der Waals surface area contributed by atoms with E-state index in [2.05, 4.69) is 104 Å². The van der Waals surface area contributed by atoms with Crippen LogP contribution in [0.15, 0.2) is 48.5 Å². The molecular formula is C29H46ClNO2. The van der Waals surface area contributed by atoms with Crippen LogP contribution in [-0.2, 0) is 23.1 Å². The number of aryl methyl sites for hydroxylation is 1.